The highest BCUT2D eigenvalue weighted by molar-refractivity contribution is 5.78. The van der Waals surface area contributed by atoms with Crippen molar-refractivity contribution in [2.24, 2.45) is 5.92 Å². The van der Waals surface area contributed by atoms with E-state index in [-0.39, 0.29) is 11.8 Å². The number of ether oxygens (including phenoxy) is 1. The van der Waals surface area contributed by atoms with E-state index in [1.165, 1.54) is 36.8 Å². The van der Waals surface area contributed by atoms with Crippen molar-refractivity contribution < 1.29 is 9.53 Å². The maximum atomic E-state index is 12.5. The van der Waals surface area contributed by atoms with Gasteiger partial charge in [-0.2, -0.15) is 0 Å². The lowest BCUT2D eigenvalue weighted by Gasteiger charge is -2.31. The zero-order chi connectivity index (χ0) is 18.9. The first-order chi connectivity index (χ1) is 13.2. The molecule has 27 heavy (non-hydrogen) atoms. The second-order valence-corrected chi connectivity index (χ2v) is 7.78. The summed E-state index contributed by atoms with van der Waals surface area (Å²) in [6.07, 6.45) is 10.4. The molecule has 0 radical (unpaired) electrons. The van der Waals surface area contributed by atoms with E-state index in [4.69, 9.17) is 4.74 Å². The number of amides is 1. The number of likely N-dealkylation sites (tertiary alicyclic amines) is 1. The van der Waals surface area contributed by atoms with Crippen molar-refractivity contribution in [2.45, 2.75) is 58.4 Å². The molecule has 0 aromatic heterocycles. The minimum Gasteiger partial charge on any atom is -0.494 e. The maximum absolute atomic E-state index is 12.5. The van der Waals surface area contributed by atoms with Crippen LogP contribution in [0.1, 0.15) is 57.4 Å². The van der Waals surface area contributed by atoms with Gasteiger partial charge in [0.2, 0.25) is 5.91 Å². The lowest BCUT2D eigenvalue weighted by Crippen LogP contribution is -2.40. The third-order valence-electron chi connectivity index (χ3n) is 5.70. The van der Waals surface area contributed by atoms with Gasteiger partial charge in [-0.25, -0.2) is 0 Å². The predicted octanol–water partition coefficient (Wildman–Crippen LogP) is 4.30. The minimum atomic E-state index is 0.177. The Labute approximate surface area is 164 Å². The van der Waals surface area contributed by atoms with Crippen LogP contribution in [0.2, 0.25) is 0 Å². The van der Waals surface area contributed by atoms with E-state index >= 15 is 0 Å². The number of carbonyl (C=O) groups is 1. The normalized spacial score (nSPS) is 18.8. The van der Waals surface area contributed by atoms with E-state index in [2.05, 4.69) is 34.5 Å². The predicted molar refractivity (Wildman–Crippen MR) is 110 cm³/mol. The van der Waals surface area contributed by atoms with Crippen LogP contribution in [0, 0.1) is 5.92 Å². The van der Waals surface area contributed by atoms with E-state index < -0.39 is 0 Å². The van der Waals surface area contributed by atoms with Crippen LogP contribution in [0.5, 0.6) is 5.75 Å². The van der Waals surface area contributed by atoms with Crippen LogP contribution in [0.15, 0.2) is 35.9 Å². The number of nitrogens with one attached hydrogen (secondary N) is 1. The van der Waals surface area contributed by atoms with Gasteiger partial charge in [-0.05, 0) is 82.7 Å². The van der Waals surface area contributed by atoms with Gasteiger partial charge < -0.3 is 10.1 Å². The van der Waals surface area contributed by atoms with E-state index in [0.29, 0.717) is 6.61 Å². The van der Waals surface area contributed by atoms with Crippen molar-refractivity contribution in [1.29, 1.82) is 0 Å². The molecule has 4 heteroatoms. The van der Waals surface area contributed by atoms with Crippen molar-refractivity contribution in [2.75, 3.05) is 26.2 Å². The summed E-state index contributed by atoms with van der Waals surface area (Å²) in [5, 5.41) is 3.17. The van der Waals surface area contributed by atoms with E-state index in [1.54, 1.807) is 0 Å². The molecule has 1 heterocycles. The topological polar surface area (TPSA) is 41.6 Å². The molecule has 1 amide bonds. The van der Waals surface area contributed by atoms with Crippen molar-refractivity contribution in [3.05, 3.63) is 41.5 Å². The van der Waals surface area contributed by atoms with Gasteiger partial charge in [0, 0.05) is 19.0 Å². The monoisotopic (exact) mass is 370 g/mol. The molecule has 1 aromatic rings. The molecule has 1 N–H and O–H groups in total. The summed E-state index contributed by atoms with van der Waals surface area (Å²) < 4.78 is 5.59. The number of allylic oxidation sites excluding steroid dienone is 1. The average molecular weight is 371 g/mol. The van der Waals surface area contributed by atoms with Gasteiger partial charge in [-0.15, -0.1) is 0 Å². The third-order valence-corrected chi connectivity index (χ3v) is 5.70. The Morgan fingerprint density at radius 2 is 2.11 bits per heavy atom. The van der Waals surface area contributed by atoms with Crippen LogP contribution in [0.3, 0.4) is 0 Å². The summed E-state index contributed by atoms with van der Waals surface area (Å²) in [5.41, 5.74) is 2.82. The molecular weight excluding hydrogens is 336 g/mol. The Morgan fingerprint density at radius 3 is 2.85 bits per heavy atom. The Morgan fingerprint density at radius 1 is 1.26 bits per heavy atom. The lowest BCUT2D eigenvalue weighted by atomic mass is 9.95. The van der Waals surface area contributed by atoms with Gasteiger partial charge in [-0.1, -0.05) is 23.8 Å². The summed E-state index contributed by atoms with van der Waals surface area (Å²) in [6, 6.07) is 8.35. The second kappa shape index (κ2) is 10.5. The molecule has 0 spiro atoms. The van der Waals surface area contributed by atoms with E-state index in [9.17, 15) is 4.79 Å². The standard InChI is InChI=1S/C23H34N2O2/c1-2-27-22-10-6-9-20(17-22)18-25-15-12-21(13-16-25)23(26)24-14-11-19-7-4-3-5-8-19/h6-7,9-10,17,21H,2-5,8,11-16,18H2,1H3,(H,24,26). The lowest BCUT2D eigenvalue weighted by molar-refractivity contribution is -0.126. The second-order valence-electron chi connectivity index (χ2n) is 7.78. The van der Waals surface area contributed by atoms with Crippen LogP contribution >= 0.6 is 0 Å². The van der Waals surface area contributed by atoms with E-state index in [1.807, 2.05) is 13.0 Å². The zero-order valence-electron chi connectivity index (χ0n) is 16.7. The number of piperidine rings is 1. The fourth-order valence-corrected chi connectivity index (χ4v) is 4.13. The van der Waals surface area contributed by atoms with Gasteiger partial charge >= 0.3 is 0 Å². The van der Waals surface area contributed by atoms with Gasteiger partial charge in [0.25, 0.3) is 0 Å². The highest BCUT2D eigenvalue weighted by atomic mass is 16.5. The summed E-state index contributed by atoms with van der Waals surface area (Å²) in [7, 11) is 0. The summed E-state index contributed by atoms with van der Waals surface area (Å²) in [4.78, 5) is 14.9. The SMILES string of the molecule is CCOc1cccc(CN2CCC(C(=O)NCCC3=CCCCC3)CC2)c1. The number of hydrogen-bond donors (Lipinski definition) is 1. The number of rotatable bonds is 8. The van der Waals surface area contributed by atoms with Gasteiger partial charge in [0.15, 0.2) is 0 Å². The van der Waals surface area contributed by atoms with Crippen LogP contribution < -0.4 is 10.1 Å². The molecule has 3 rings (SSSR count). The molecule has 2 aliphatic rings. The Hall–Kier alpha value is -1.81. The maximum Gasteiger partial charge on any atom is 0.223 e. The highest BCUT2D eigenvalue weighted by Gasteiger charge is 2.24. The number of hydrogen-bond acceptors (Lipinski definition) is 3. The fraction of sp³-hybridized carbons (Fsp3) is 0.609. The van der Waals surface area contributed by atoms with Gasteiger partial charge in [0.1, 0.15) is 5.75 Å². The molecule has 1 aliphatic heterocycles. The summed E-state index contributed by atoms with van der Waals surface area (Å²) in [6.45, 7) is 6.42. The molecular formula is C23H34N2O2. The first kappa shape index (κ1) is 19.9. The minimum absolute atomic E-state index is 0.177. The van der Waals surface area contributed by atoms with E-state index in [0.717, 1.165) is 51.2 Å². The fourth-order valence-electron chi connectivity index (χ4n) is 4.13. The van der Waals surface area contributed by atoms with Crippen LogP contribution in [-0.2, 0) is 11.3 Å². The molecule has 0 atom stereocenters. The Kier molecular flexibility index (Phi) is 7.76. The van der Waals surface area contributed by atoms with Crippen molar-refractivity contribution >= 4 is 5.91 Å². The smallest absolute Gasteiger partial charge is 0.223 e. The number of nitrogens with zero attached hydrogens (tertiary/aromatic N) is 1. The van der Waals surface area contributed by atoms with Gasteiger partial charge in [0.05, 0.1) is 6.61 Å². The number of benzene rings is 1. The molecule has 0 saturated carbocycles. The van der Waals surface area contributed by atoms with Crippen LogP contribution in [-0.4, -0.2) is 37.0 Å². The largest absolute Gasteiger partial charge is 0.494 e. The van der Waals surface area contributed by atoms with Crippen molar-refractivity contribution in [3.63, 3.8) is 0 Å². The first-order valence-electron chi connectivity index (χ1n) is 10.6. The molecule has 1 aromatic carbocycles. The van der Waals surface area contributed by atoms with Crippen molar-refractivity contribution in [3.8, 4) is 5.75 Å². The Balaban J connectivity index is 1.37. The number of carbonyl (C=O) groups excluding carboxylic acids is 1. The quantitative estimate of drug-likeness (QED) is 0.694. The molecule has 1 saturated heterocycles. The third kappa shape index (κ3) is 6.39. The Bertz CT molecular complexity index is 633. The molecule has 1 aliphatic carbocycles. The molecule has 0 unspecified atom stereocenters. The average Bonchev–Trinajstić information content (AvgIpc) is 2.70. The summed E-state index contributed by atoms with van der Waals surface area (Å²) in [5.74, 6) is 1.37. The molecule has 0 bridgehead atoms. The molecule has 1 fully saturated rings. The van der Waals surface area contributed by atoms with Crippen LogP contribution in [0.25, 0.3) is 0 Å². The van der Waals surface area contributed by atoms with Gasteiger partial charge in [-0.3, -0.25) is 9.69 Å². The zero-order valence-corrected chi connectivity index (χ0v) is 16.7. The highest BCUT2D eigenvalue weighted by Crippen LogP contribution is 2.22. The van der Waals surface area contributed by atoms with Crippen molar-refractivity contribution in [1.82, 2.24) is 10.2 Å². The van der Waals surface area contributed by atoms with Crippen LogP contribution in [0.4, 0.5) is 0 Å². The molecule has 4 nitrogen and oxygen atoms in total. The first-order valence-corrected chi connectivity index (χ1v) is 10.6. The summed E-state index contributed by atoms with van der Waals surface area (Å²) >= 11 is 0. The molecule has 148 valence electrons.